The topological polar surface area (TPSA) is 79.6 Å². The van der Waals surface area contributed by atoms with Crippen LogP contribution in [-0.2, 0) is 6.54 Å². The number of benzene rings is 1. The van der Waals surface area contributed by atoms with Gasteiger partial charge in [0.15, 0.2) is 5.96 Å². The Bertz CT molecular complexity index is 509. The van der Waals surface area contributed by atoms with Gasteiger partial charge in [-0.1, -0.05) is 32.1 Å². The lowest BCUT2D eigenvalue weighted by Crippen LogP contribution is -2.38. The largest absolute Gasteiger partial charge is 0.356 e. The highest BCUT2D eigenvalue weighted by Crippen LogP contribution is 2.12. The van der Waals surface area contributed by atoms with E-state index in [2.05, 4.69) is 36.1 Å². The molecule has 22 heavy (non-hydrogen) atoms. The van der Waals surface area contributed by atoms with Crippen molar-refractivity contribution in [2.45, 2.75) is 26.8 Å². The van der Waals surface area contributed by atoms with Crippen molar-refractivity contribution in [2.24, 2.45) is 10.9 Å². The summed E-state index contributed by atoms with van der Waals surface area (Å²) >= 11 is 0. The summed E-state index contributed by atoms with van der Waals surface area (Å²) in [6.45, 7) is 9.97. The van der Waals surface area contributed by atoms with E-state index in [0.29, 0.717) is 19.0 Å². The monoisotopic (exact) mass is 304 g/mol. The van der Waals surface area contributed by atoms with Crippen molar-refractivity contribution in [1.29, 1.82) is 0 Å². The molecular weight excluding hydrogens is 280 g/mol. The van der Waals surface area contributed by atoms with Gasteiger partial charge in [-0.2, -0.15) is 0 Å². The van der Waals surface area contributed by atoms with Crippen LogP contribution in [0.3, 0.4) is 0 Å². The van der Waals surface area contributed by atoms with E-state index in [1.807, 2.05) is 0 Å². The van der Waals surface area contributed by atoms with E-state index in [1.54, 1.807) is 18.2 Å². The van der Waals surface area contributed by atoms with Crippen molar-refractivity contribution in [3.8, 4) is 0 Å². The Labute approximate surface area is 131 Å². The van der Waals surface area contributed by atoms with E-state index < -0.39 is 4.92 Å². The van der Waals surface area contributed by atoms with E-state index in [-0.39, 0.29) is 5.69 Å². The quantitative estimate of drug-likeness (QED) is 0.254. The van der Waals surface area contributed by atoms with Crippen molar-refractivity contribution in [3.05, 3.63) is 52.6 Å². The molecule has 0 atom stereocenters. The van der Waals surface area contributed by atoms with E-state index in [1.165, 1.54) is 12.1 Å². The number of guanidine groups is 1. The van der Waals surface area contributed by atoms with Crippen LogP contribution >= 0.6 is 0 Å². The first-order chi connectivity index (χ1) is 10.5. The minimum Gasteiger partial charge on any atom is -0.356 e. The molecule has 6 heteroatoms. The number of nitro benzene ring substituents is 1. The molecule has 0 amide bonds. The molecule has 0 spiro atoms. The molecule has 0 saturated heterocycles. The smallest absolute Gasteiger partial charge is 0.269 e. The Morgan fingerprint density at radius 2 is 2.05 bits per heavy atom. The maximum Gasteiger partial charge on any atom is 0.269 e. The second-order valence-corrected chi connectivity index (χ2v) is 5.37. The number of non-ortho nitro benzene ring substituents is 1. The molecule has 0 aliphatic carbocycles. The summed E-state index contributed by atoms with van der Waals surface area (Å²) in [6.07, 6.45) is 2.83. The first-order valence-electron chi connectivity index (χ1n) is 7.39. The molecule has 1 rings (SSSR count). The van der Waals surface area contributed by atoms with Gasteiger partial charge in [-0.25, -0.2) is 4.99 Å². The molecule has 0 aliphatic rings. The lowest BCUT2D eigenvalue weighted by Gasteiger charge is -2.12. The molecule has 0 aromatic heterocycles. The second kappa shape index (κ2) is 9.55. The molecule has 0 radical (unpaired) electrons. The first kappa shape index (κ1) is 17.7. The van der Waals surface area contributed by atoms with E-state index in [4.69, 9.17) is 0 Å². The summed E-state index contributed by atoms with van der Waals surface area (Å²) in [5, 5.41) is 17.0. The number of nitrogens with zero attached hydrogens (tertiary/aromatic N) is 2. The maximum absolute atomic E-state index is 10.6. The normalized spacial score (nSPS) is 11.3. The Hall–Kier alpha value is -2.37. The summed E-state index contributed by atoms with van der Waals surface area (Å²) in [4.78, 5) is 14.7. The van der Waals surface area contributed by atoms with Gasteiger partial charge in [0.25, 0.3) is 5.69 Å². The van der Waals surface area contributed by atoms with Crippen molar-refractivity contribution < 1.29 is 4.92 Å². The van der Waals surface area contributed by atoms with Gasteiger partial charge in [0.05, 0.1) is 11.5 Å². The molecule has 0 fully saturated rings. The molecule has 0 unspecified atom stereocenters. The molecular formula is C16H24N4O2. The van der Waals surface area contributed by atoms with E-state index in [9.17, 15) is 10.1 Å². The van der Waals surface area contributed by atoms with Crippen molar-refractivity contribution in [3.63, 3.8) is 0 Å². The summed E-state index contributed by atoms with van der Waals surface area (Å²) in [7, 11) is 0. The van der Waals surface area contributed by atoms with Crippen molar-refractivity contribution in [1.82, 2.24) is 10.6 Å². The zero-order valence-corrected chi connectivity index (χ0v) is 13.2. The highest BCUT2D eigenvalue weighted by molar-refractivity contribution is 5.79. The first-order valence-corrected chi connectivity index (χ1v) is 7.39. The lowest BCUT2D eigenvalue weighted by atomic mass is 10.1. The van der Waals surface area contributed by atoms with Crippen molar-refractivity contribution in [2.75, 3.05) is 13.1 Å². The van der Waals surface area contributed by atoms with Gasteiger partial charge in [0.1, 0.15) is 0 Å². The summed E-state index contributed by atoms with van der Waals surface area (Å²) in [5.41, 5.74) is 1.02. The Kier molecular flexibility index (Phi) is 7.67. The van der Waals surface area contributed by atoms with Crippen LogP contribution in [0.4, 0.5) is 5.69 Å². The molecule has 1 aromatic carbocycles. The van der Waals surface area contributed by atoms with Crippen LogP contribution in [0.15, 0.2) is 41.9 Å². The van der Waals surface area contributed by atoms with Gasteiger partial charge in [-0.05, 0) is 17.9 Å². The maximum atomic E-state index is 10.6. The van der Waals surface area contributed by atoms with E-state index >= 15 is 0 Å². The Morgan fingerprint density at radius 3 is 2.59 bits per heavy atom. The van der Waals surface area contributed by atoms with Gasteiger partial charge in [-0.3, -0.25) is 10.1 Å². The number of nitrogens with one attached hydrogen (secondary N) is 2. The molecule has 0 bridgehead atoms. The van der Waals surface area contributed by atoms with Gasteiger partial charge < -0.3 is 10.6 Å². The summed E-state index contributed by atoms with van der Waals surface area (Å²) < 4.78 is 0. The van der Waals surface area contributed by atoms with Crippen LogP contribution in [0, 0.1) is 16.0 Å². The molecule has 2 N–H and O–H groups in total. The summed E-state index contributed by atoms with van der Waals surface area (Å²) in [5.74, 6) is 1.35. The fraction of sp³-hybridized carbons (Fsp3) is 0.438. The van der Waals surface area contributed by atoms with Crippen LogP contribution < -0.4 is 10.6 Å². The van der Waals surface area contributed by atoms with Gasteiger partial charge in [0, 0.05) is 25.2 Å². The lowest BCUT2D eigenvalue weighted by molar-refractivity contribution is -0.384. The van der Waals surface area contributed by atoms with Crippen LogP contribution in [-0.4, -0.2) is 24.0 Å². The third-order valence-corrected chi connectivity index (χ3v) is 2.99. The van der Waals surface area contributed by atoms with Crippen molar-refractivity contribution >= 4 is 11.6 Å². The highest BCUT2D eigenvalue weighted by atomic mass is 16.6. The SMILES string of the molecule is C=CCNC(=NCc1ccc([N+](=O)[O-])cc1)NCCC(C)C. The minimum absolute atomic E-state index is 0.0905. The average Bonchev–Trinajstić information content (AvgIpc) is 2.49. The number of rotatable bonds is 8. The Balaban J connectivity index is 2.61. The van der Waals surface area contributed by atoms with Gasteiger partial charge >= 0.3 is 0 Å². The third kappa shape index (κ3) is 6.88. The standard InChI is InChI=1S/C16H24N4O2/c1-4-10-17-16(18-11-9-13(2)3)19-12-14-5-7-15(8-6-14)20(21)22/h4-8,13H,1,9-12H2,2-3H3,(H2,17,18,19). The second-order valence-electron chi connectivity index (χ2n) is 5.37. The Morgan fingerprint density at radius 1 is 1.36 bits per heavy atom. The van der Waals surface area contributed by atoms with Crippen LogP contribution in [0.2, 0.25) is 0 Å². The number of hydrogen-bond donors (Lipinski definition) is 2. The molecule has 0 saturated carbocycles. The van der Waals surface area contributed by atoms with Crippen LogP contribution in [0.5, 0.6) is 0 Å². The number of aliphatic imine (C=N–C) groups is 1. The zero-order chi connectivity index (χ0) is 16.4. The van der Waals surface area contributed by atoms with Crippen LogP contribution in [0.1, 0.15) is 25.8 Å². The predicted octanol–water partition coefficient (Wildman–Crippen LogP) is 2.86. The summed E-state index contributed by atoms with van der Waals surface area (Å²) in [6, 6.07) is 6.43. The van der Waals surface area contributed by atoms with Gasteiger partial charge in [0.2, 0.25) is 0 Å². The molecule has 6 nitrogen and oxygen atoms in total. The highest BCUT2D eigenvalue weighted by Gasteiger charge is 2.04. The average molecular weight is 304 g/mol. The minimum atomic E-state index is -0.405. The number of nitro groups is 1. The molecule has 1 aromatic rings. The molecule has 0 heterocycles. The predicted molar refractivity (Wildman–Crippen MR) is 89.9 cm³/mol. The number of hydrogen-bond acceptors (Lipinski definition) is 3. The van der Waals surface area contributed by atoms with E-state index in [0.717, 1.165) is 24.5 Å². The van der Waals surface area contributed by atoms with Crippen LogP contribution in [0.25, 0.3) is 0 Å². The van der Waals surface area contributed by atoms with Gasteiger partial charge in [-0.15, -0.1) is 6.58 Å². The zero-order valence-electron chi connectivity index (χ0n) is 13.2. The third-order valence-electron chi connectivity index (χ3n) is 2.99. The fourth-order valence-electron chi connectivity index (χ4n) is 1.72. The molecule has 120 valence electrons. The molecule has 0 aliphatic heterocycles. The fourth-order valence-corrected chi connectivity index (χ4v) is 1.72.